The van der Waals surface area contributed by atoms with E-state index in [4.69, 9.17) is 15.0 Å². The Hall–Kier alpha value is -4.51. The summed E-state index contributed by atoms with van der Waals surface area (Å²) in [6, 6.07) is 30.1. The predicted molar refractivity (Wildman–Crippen MR) is 147 cm³/mol. The van der Waals surface area contributed by atoms with Crippen molar-refractivity contribution in [3.8, 4) is 11.9 Å². The third kappa shape index (κ3) is 2.99. The van der Waals surface area contributed by atoms with Gasteiger partial charge in [0.05, 0.1) is 22.1 Å². The first kappa shape index (κ1) is 20.8. The number of hydrogen-bond donors (Lipinski definition) is 0. The van der Waals surface area contributed by atoms with Gasteiger partial charge in [-0.2, -0.15) is 15.0 Å². The second kappa shape index (κ2) is 7.75. The van der Waals surface area contributed by atoms with E-state index in [9.17, 15) is 0 Å². The summed E-state index contributed by atoms with van der Waals surface area (Å²) >= 11 is 0. The SMILES string of the molecule is CCc1nc(-n2c3ccccc3c3ccc(C)cc32)nc(-n2c3ccccc3c3ccc(C)cc32)n1. The van der Waals surface area contributed by atoms with Gasteiger partial charge in [0.25, 0.3) is 0 Å². The summed E-state index contributed by atoms with van der Waals surface area (Å²) in [6.07, 6.45) is 0.717. The van der Waals surface area contributed by atoms with Crippen molar-refractivity contribution in [2.24, 2.45) is 0 Å². The molecule has 0 bridgehead atoms. The van der Waals surface area contributed by atoms with Gasteiger partial charge in [-0.15, -0.1) is 0 Å². The van der Waals surface area contributed by atoms with Crippen LogP contribution in [-0.2, 0) is 6.42 Å². The highest BCUT2D eigenvalue weighted by Crippen LogP contribution is 2.34. The first-order chi connectivity index (χ1) is 17.6. The van der Waals surface area contributed by atoms with Crippen LogP contribution < -0.4 is 0 Å². The van der Waals surface area contributed by atoms with E-state index in [2.05, 4.69) is 115 Å². The first-order valence-electron chi connectivity index (χ1n) is 12.4. The third-order valence-corrected chi connectivity index (χ3v) is 7.03. The Morgan fingerprint density at radius 2 is 0.972 bits per heavy atom. The largest absolute Gasteiger partial charge is 0.278 e. The zero-order chi connectivity index (χ0) is 24.4. The minimum absolute atomic E-state index is 0.646. The summed E-state index contributed by atoms with van der Waals surface area (Å²) in [5, 5.41) is 4.78. The molecule has 0 aliphatic heterocycles. The Labute approximate surface area is 208 Å². The fourth-order valence-electron chi connectivity index (χ4n) is 5.35. The lowest BCUT2D eigenvalue weighted by Crippen LogP contribution is -2.11. The number of aromatic nitrogens is 5. The Morgan fingerprint density at radius 3 is 1.44 bits per heavy atom. The van der Waals surface area contributed by atoms with E-state index in [-0.39, 0.29) is 0 Å². The van der Waals surface area contributed by atoms with Crippen molar-refractivity contribution >= 4 is 43.6 Å². The maximum Gasteiger partial charge on any atom is 0.239 e. The Kier molecular flexibility index (Phi) is 4.48. The molecule has 7 rings (SSSR count). The minimum Gasteiger partial charge on any atom is -0.278 e. The zero-order valence-corrected chi connectivity index (χ0v) is 20.5. The topological polar surface area (TPSA) is 48.5 Å². The van der Waals surface area contributed by atoms with Gasteiger partial charge >= 0.3 is 0 Å². The molecule has 0 atom stereocenters. The van der Waals surface area contributed by atoms with Crippen molar-refractivity contribution in [2.45, 2.75) is 27.2 Å². The first-order valence-corrected chi connectivity index (χ1v) is 12.4. The molecule has 7 aromatic rings. The van der Waals surface area contributed by atoms with E-state index in [0.717, 1.165) is 34.3 Å². The zero-order valence-electron chi connectivity index (χ0n) is 20.5. The molecule has 0 saturated carbocycles. The molecule has 0 aliphatic rings. The number of para-hydroxylation sites is 2. The third-order valence-electron chi connectivity index (χ3n) is 7.03. The second-order valence-corrected chi connectivity index (χ2v) is 9.45. The quantitative estimate of drug-likeness (QED) is 0.275. The monoisotopic (exact) mass is 467 g/mol. The van der Waals surface area contributed by atoms with Gasteiger partial charge in [-0.1, -0.05) is 67.6 Å². The summed E-state index contributed by atoms with van der Waals surface area (Å²) in [7, 11) is 0. The van der Waals surface area contributed by atoms with Crippen molar-refractivity contribution in [3.05, 3.63) is 102 Å². The highest BCUT2D eigenvalue weighted by Gasteiger charge is 2.19. The molecule has 3 heterocycles. The number of benzene rings is 4. The lowest BCUT2D eigenvalue weighted by Gasteiger charge is -2.12. The van der Waals surface area contributed by atoms with Crippen LogP contribution in [-0.4, -0.2) is 24.1 Å². The highest BCUT2D eigenvalue weighted by molar-refractivity contribution is 6.10. The van der Waals surface area contributed by atoms with Crippen LogP contribution in [0.2, 0.25) is 0 Å². The molecule has 174 valence electrons. The van der Waals surface area contributed by atoms with Crippen molar-refractivity contribution in [3.63, 3.8) is 0 Å². The normalized spacial score (nSPS) is 11.9. The maximum absolute atomic E-state index is 5.13. The average Bonchev–Trinajstić information content (AvgIpc) is 3.40. The van der Waals surface area contributed by atoms with E-state index in [1.54, 1.807) is 0 Å². The van der Waals surface area contributed by atoms with Crippen molar-refractivity contribution in [1.29, 1.82) is 0 Å². The molecular weight excluding hydrogens is 442 g/mol. The Morgan fingerprint density at radius 1 is 0.528 bits per heavy atom. The molecule has 0 unspecified atom stereocenters. The molecule has 0 amide bonds. The molecular formula is C31H25N5. The van der Waals surface area contributed by atoms with E-state index >= 15 is 0 Å². The molecule has 5 nitrogen and oxygen atoms in total. The lowest BCUT2D eigenvalue weighted by atomic mass is 10.1. The molecule has 5 heteroatoms. The van der Waals surface area contributed by atoms with E-state index < -0.39 is 0 Å². The van der Waals surface area contributed by atoms with Crippen LogP contribution in [0.4, 0.5) is 0 Å². The molecule has 36 heavy (non-hydrogen) atoms. The molecule has 3 aromatic heterocycles. The number of rotatable bonds is 3. The van der Waals surface area contributed by atoms with Crippen LogP contribution in [0.25, 0.3) is 55.5 Å². The Balaban J connectivity index is 1.60. The predicted octanol–water partition coefficient (Wildman–Crippen LogP) is 7.25. The molecule has 0 fully saturated rings. The number of fused-ring (bicyclic) bond motifs is 6. The van der Waals surface area contributed by atoms with Gasteiger partial charge in [0.1, 0.15) is 5.82 Å². The van der Waals surface area contributed by atoms with Crippen molar-refractivity contribution in [2.75, 3.05) is 0 Å². The minimum atomic E-state index is 0.646. The van der Waals surface area contributed by atoms with Gasteiger partial charge in [0.15, 0.2) is 0 Å². The highest BCUT2D eigenvalue weighted by atomic mass is 15.3. The summed E-state index contributed by atoms with van der Waals surface area (Å²) in [4.78, 5) is 15.0. The van der Waals surface area contributed by atoms with Gasteiger partial charge < -0.3 is 0 Å². The summed E-state index contributed by atoms with van der Waals surface area (Å²) in [5.74, 6) is 2.06. The molecule has 0 spiro atoms. The fraction of sp³-hybridized carbons (Fsp3) is 0.129. The van der Waals surface area contributed by atoms with Crippen LogP contribution >= 0.6 is 0 Å². The molecule has 0 N–H and O–H groups in total. The molecule has 0 aliphatic carbocycles. The van der Waals surface area contributed by atoms with Crippen LogP contribution in [0.1, 0.15) is 23.9 Å². The van der Waals surface area contributed by atoms with Gasteiger partial charge in [-0.25, -0.2) is 0 Å². The smallest absolute Gasteiger partial charge is 0.239 e. The molecule has 4 aromatic carbocycles. The number of nitrogens with zero attached hydrogens (tertiary/aromatic N) is 5. The molecule has 0 radical (unpaired) electrons. The van der Waals surface area contributed by atoms with Crippen molar-refractivity contribution < 1.29 is 0 Å². The van der Waals surface area contributed by atoms with E-state index in [1.165, 1.54) is 32.7 Å². The van der Waals surface area contributed by atoms with E-state index in [1.807, 2.05) is 0 Å². The van der Waals surface area contributed by atoms with Crippen LogP contribution in [0.5, 0.6) is 0 Å². The fourth-order valence-corrected chi connectivity index (χ4v) is 5.35. The standard InChI is InChI=1S/C31H25N5/c1-4-29-32-30(35-25-11-7-5-9-21(25)23-15-13-19(2)17-27(23)35)34-31(33-29)36-26-12-8-6-10-22(26)24-16-14-20(3)18-28(24)36/h5-18H,4H2,1-3H3. The molecule has 0 saturated heterocycles. The van der Waals surface area contributed by atoms with Gasteiger partial charge in [-0.3, -0.25) is 9.13 Å². The van der Waals surface area contributed by atoms with Crippen LogP contribution in [0.15, 0.2) is 84.9 Å². The second-order valence-electron chi connectivity index (χ2n) is 9.45. The van der Waals surface area contributed by atoms with Crippen LogP contribution in [0.3, 0.4) is 0 Å². The maximum atomic E-state index is 5.13. The van der Waals surface area contributed by atoms with Gasteiger partial charge in [0.2, 0.25) is 11.9 Å². The lowest BCUT2D eigenvalue weighted by molar-refractivity contribution is 0.820. The average molecular weight is 468 g/mol. The van der Waals surface area contributed by atoms with E-state index in [0.29, 0.717) is 11.9 Å². The number of aryl methyl sites for hydroxylation is 3. The Bertz CT molecular complexity index is 1820. The van der Waals surface area contributed by atoms with Crippen LogP contribution in [0, 0.1) is 13.8 Å². The van der Waals surface area contributed by atoms with Gasteiger partial charge in [0, 0.05) is 28.0 Å². The summed E-state index contributed by atoms with van der Waals surface area (Å²) < 4.78 is 4.36. The van der Waals surface area contributed by atoms with Gasteiger partial charge in [-0.05, 0) is 49.2 Å². The van der Waals surface area contributed by atoms with Crippen molar-refractivity contribution in [1.82, 2.24) is 24.1 Å². The number of hydrogen-bond acceptors (Lipinski definition) is 3. The summed E-state index contributed by atoms with van der Waals surface area (Å²) in [5.41, 5.74) is 6.80. The summed E-state index contributed by atoms with van der Waals surface area (Å²) in [6.45, 7) is 6.34.